The molecule has 1 rings (SSSR count). The van der Waals surface area contributed by atoms with Crippen LogP contribution in [-0.2, 0) is 4.79 Å². The van der Waals surface area contributed by atoms with Gasteiger partial charge in [-0.05, 0) is 12.2 Å². The van der Waals surface area contributed by atoms with Gasteiger partial charge in [0.1, 0.15) is 5.00 Å². The molecule has 0 bridgehead atoms. The van der Waals surface area contributed by atoms with Crippen LogP contribution in [0.5, 0.6) is 0 Å². The Labute approximate surface area is 79.4 Å². The molecule has 0 heterocycles. The molecule has 0 spiro atoms. The van der Waals surface area contributed by atoms with E-state index in [2.05, 4.69) is 0 Å². The summed E-state index contributed by atoms with van der Waals surface area (Å²) in [7, 11) is 0. The first-order chi connectivity index (χ1) is 5.42. The summed E-state index contributed by atoms with van der Waals surface area (Å²) in [5.74, 6) is -1.08. The van der Waals surface area contributed by atoms with E-state index in [4.69, 9.17) is 34.0 Å². The van der Waals surface area contributed by atoms with Gasteiger partial charge in [-0.25, -0.2) is 4.79 Å². The molecule has 0 fully saturated rings. The maximum atomic E-state index is 10.6. The molecule has 1 unspecified atom stereocenters. The van der Waals surface area contributed by atoms with E-state index in [9.17, 15) is 4.79 Å². The summed E-state index contributed by atoms with van der Waals surface area (Å²) in [5.41, 5.74) is 5.54. The maximum Gasteiger partial charge on any atom is 0.333 e. The van der Waals surface area contributed by atoms with Crippen molar-refractivity contribution < 1.29 is 9.90 Å². The molecule has 1 aliphatic rings. The minimum atomic E-state index is -1.12. The van der Waals surface area contributed by atoms with Crippen molar-refractivity contribution in [3.8, 4) is 0 Å². The molecule has 0 radical (unpaired) electrons. The van der Waals surface area contributed by atoms with Crippen molar-refractivity contribution in [2.75, 3.05) is 0 Å². The van der Waals surface area contributed by atoms with Crippen molar-refractivity contribution in [1.82, 2.24) is 0 Å². The fourth-order valence-corrected chi connectivity index (χ4v) is 1.31. The molecule has 0 aliphatic heterocycles. The number of carbonyl (C=O) groups is 1. The summed E-state index contributed by atoms with van der Waals surface area (Å²) in [6.45, 7) is 0. The molecule has 0 saturated heterocycles. The number of hydrogen-bond donors (Lipinski definition) is 2. The molecule has 1 aliphatic carbocycles. The minimum absolute atomic E-state index is 0.0409. The fourth-order valence-electron chi connectivity index (χ4n) is 0.904. The Bertz CT molecular complexity index is 281. The van der Waals surface area contributed by atoms with Crippen LogP contribution >= 0.6 is 23.2 Å². The van der Waals surface area contributed by atoms with Crippen LogP contribution in [0.3, 0.4) is 0 Å². The van der Waals surface area contributed by atoms with E-state index in [1.54, 1.807) is 0 Å². The van der Waals surface area contributed by atoms with Crippen LogP contribution in [-0.4, -0.2) is 16.1 Å². The fraction of sp³-hybridized carbons (Fsp3) is 0.286. The molecule has 0 aromatic carbocycles. The van der Waals surface area contributed by atoms with Gasteiger partial charge >= 0.3 is 5.97 Å². The van der Waals surface area contributed by atoms with E-state index in [0.29, 0.717) is 0 Å². The van der Waals surface area contributed by atoms with Gasteiger partial charge in [0.05, 0.1) is 10.6 Å². The van der Waals surface area contributed by atoms with E-state index in [-0.39, 0.29) is 17.0 Å². The van der Waals surface area contributed by atoms with Crippen molar-refractivity contribution in [2.45, 2.75) is 11.4 Å². The van der Waals surface area contributed by atoms with Crippen LogP contribution in [0.2, 0.25) is 0 Å². The van der Waals surface area contributed by atoms with Gasteiger partial charge in [-0.2, -0.15) is 0 Å². The Kier molecular flexibility index (Phi) is 2.46. The highest BCUT2D eigenvalue weighted by Gasteiger charge is 2.28. The molecule has 0 aromatic rings. The van der Waals surface area contributed by atoms with Gasteiger partial charge in [-0.3, -0.25) is 0 Å². The summed E-state index contributed by atoms with van der Waals surface area (Å²) in [6, 6.07) is 0. The number of allylic oxidation sites excluding steroid dienone is 2. The number of rotatable bonds is 1. The molecule has 5 heteroatoms. The Balaban J connectivity index is 2.99. The monoisotopic (exact) mass is 207 g/mol. The third-order valence-electron chi connectivity index (χ3n) is 1.50. The lowest BCUT2D eigenvalue weighted by atomic mass is 10.0. The normalized spacial score (nSPS) is 29.2. The zero-order valence-corrected chi connectivity index (χ0v) is 7.56. The lowest BCUT2D eigenvalue weighted by Gasteiger charge is -2.21. The molecule has 12 heavy (non-hydrogen) atoms. The first-order valence-corrected chi connectivity index (χ1v) is 3.97. The first kappa shape index (κ1) is 9.58. The maximum absolute atomic E-state index is 10.6. The van der Waals surface area contributed by atoms with Crippen molar-refractivity contribution in [3.05, 3.63) is 22.8 Å². The van der Waals surface area contributed by atoms with Gasteiger partial charge in [0, 0.05) is 6.42 Å². The second-order valence-electron chi connectivity index (χ2n) is 2.57. The van der Waals surface area contributed by atoms with Gasteiger partial charge in [0.15, 0.2) is 0 Å². The number of nitrogens with two attached hydrogens (primary N) is 1. The summed E-state index contributed by atoms with van der Waals surface area (Å²) in [5, 5.41) is 8.83. The third kappa shape index (κ3) is 2.00. The third-order valence-corrected chi connectivity index (χ3v) is 2.11. The molecule has 3 N–H and O–H groups in total. The van der Waals surface area contributed by atoms with Crippen molar-refractivity contribution >= 4 is 29.2 Å². The van der Waals surface area contributed by atoms with Crippen molar-refractivity contribution in [2.24, 2.45) is 5.73 Å². The summed E-state index contributed by atoms with van der Waals surface area (Å²) in [4.78, 5) is 9.44. The molecule has 0 amide bonds. The average molecular weight is 208 g/mol. The van der Waals surface area contributed by atoms with Crippen molar-refractivity contribution in [1.29, 1.82) is 0 Å². The quantitative estimate of drug-likeness (QED) is 0.505. The number of carboxylic acid groups (broad SMARTS) is 1. The Hall–Kier alpha value is -0.510. The molecular weight excluding hydrogens is 201 g/mol. The second kappa shape index (κ2) is 3.09. The largest absolute Gasteiger partial charge is 0.478 e. The topological polar surface area (TPSA) is 63.3 Å². The molecule has 66 valence electrons. The first-order valence-electron chi connectivity index (χ1n) is 3.21. The number of aliphatic carboxylic acids is 1. The van der Waals surface area contributed by atoms with Crippen LogP contribution in [0.1, 0.15) is 6.42 Å². The number of hydrogen-bond acceptors (Lipinski definition) is 2. The second-order valence-corrected chi connectivity index (χ2v) is 3.68. The highest BCUT2D eigenvalue weighted by atomic mass is 35.5. The van der Waals surface area contributed by atoms with Crippen LogP contribution in [0, 0.1) is 0 Å². The molecule has 3 nitrogen and oxygen atoms in total. The van der Waals surface area contributed by atoms with E-state index >= 15 is 0 Å². The Morgan fingerprint density at radius 3 is 2.75 bits per heavy atom. The standard InChI is InChI=1S/C7H7Cl2NO2/c8-5-1-2-7(9,10)3-4(5)6(11)12/h1-2H,3,10H2,(H,11,12). The Morgan fingerprint density at radius 2 is 2.33 bits per heavy atom. The lowest BCUT2D eigenvalue weighted by molar-refractivity contribution is -0.132. The van der Waals surface area contributed by atoms with Crippen LogP contribution in [0.25, 0.3) is 0 Å². The van der Waals surface area contributed by atoms with Crippen molar-refractivity contribution in [3.63, 3.8) is 0 Å². The molecule has 0 aromatic heterocycles. The lowest BCUT2D eigenvalue weighted by Crippen LogP contribution is -2.34. The molecule has 1 atom stereocenters. The Morgan fingerprint density at radius 1 is 1.75 bits per heavy atom. The minimum Gasteiger partial charge on any atom is -0.478 e. The highest BCUT2D eigenvalue weighted by molar-refractivity contribution is 6.34. The number of carboxylic acids is 1. The molecule has 0 saturated carbocycles. The van der Waals surface area contributed by atoms with Gasteiger partial charge < -0.3 is 10.8 Å². The smallest absolute Gasteiger partial charge is 0.333 e. The van der Waals surface area contributed by atoms with E-state index in [1.807, 2.05) is 0 Å². The van der Waals surface area contributed by atoms with Gasteiger partial charge in [-0.15, -0.1) is 0 Å². The zero-order valence-electron chi connectivity index (χ0n) is 6.05. The van der Waals surface area contributed by atoms with E-state index in [1.165, 1.54) is 12.2 Å². The van der Waals surface area contributed by atoms with E-state index in [0.717, 1.165) is 0 Å². The van der Waals surface area contributed by atoms with Gasteiger partial charge in [0.2, 0.25) is 0 Å². The SMILES string of the molecule is NC1(Cl)C=CC(Cl)=C(C(=O)O)C1. The number of halogens is 2. The van der Waals surface area contributed by atoms with Crippen LogP contribution < -0.4 is 5.73 Å². The summed E-state index contributed by atoms with van der Waals surface area (Å²) < 4.78 is 0. The predicted molar refractivity (Wildman–Crippen MR) is 47.0 cm³/mol. The zero-order chi connectivity index (χ0) is 9.35. The van der Waals surface area contributed by atoms with E-state index < -0.39 is 11.0 Å². The summed E-state index contributed by atoms with van der Waals surface area (Å²) >= 11 is 11.3. The van der Waals surface area contributed by atoms with Crippen LogP contribution in [0.4, 0.5) is 0 Å². The predicted octanol–water partition coefficient (Wildman–Crippen LogP) is 1.42. The average Bonchev–Trinajstić information content (AvgIpc) is 1.94. The number of alkyl halides is 1. The van der Waals surface area contributed by atoms with Gasteiger partial charge in [0.25, 0.3) is 0 Å². The highest BCUT2D eigenvalue weighted by Crippen LogP contribution is 2.29. The van der Waals surface area contributed by atoms with Crippen LogP contribution in [0.15, 0.2) is 22.8 Å². The molecular formula is C7H7Cl2NO2. The summed E-state index contributed by atoms with van der Waals surface area (Å²) in [6.07, 6.45) is 2.92. The van der Waals surface area contributed by atoms with Gasteiger partial charge in [-0.1, -0.05) is 23.2 Å².